The van der Waals surface area contributed by atoms with Crippen LogP contribution in [-0.4, -0.2) is 38.1 Å². The molecule has 0 unspecified atom stereocenters. The predicted molar refractivity (Wildman–Crippen MR) is 81.0 cm³/mol. The van der Waals surface area contributed by atoms with E-state index in [0.29, 0.717) is 25.9 Å². The van der Waals surface area contributed by atoms with Gasteiger partial charge in [0.2, 0.25) is 6.41 Å². The lowest BCUT2D eigenvalue weighted by Gasteiger charge is -2.52. The molecule has 0 atom stereocenters. The van der Waals surface area contributed by atoms with Crippen molar-refractivity contribution in [3.05, 3.63) is 29.8 Å². The maximum atomic E-state index is 12.6. The normalized spacial score (nSPS) is 21.5. The molecule has 1 spiro atoms. The average molecular weight is 361 g/mol. The topological polar surface area (TPSA) is 54.5 Å². The SMILES string of the molecule is O=CN1CC2(CCC(S(=O)(=O)c3ccc(C(F)(F)F)cc3)CC2)C1. The molecule has 2 aliphatic rings. The number of carbonyl (C=O) groups excluding carboxylic acids is 1. The maximum absolute atomic E-state index is 12.6. The minimum absolute atomic E-state index is 0.0348. The molecule has 2 fully saturated rings. The van der Waals surface area contributed by atoms with Crippen molar-refractivity contribution >= 4 is 16.2 Å². The van der Waals surface area contributed by atoms with Gasteiger partial charge < -0.3 is 4.90 Å². The van der Waals surface area contributed by atoms with Crippen LogP contribution in [0.2, 0.25) is 0 Å². The number of benzene rings is 1. The number of alkyl halides is 3. The van der Waals surface area contributed by atoms with Crippen LogP contribution in [0.15, 0.2) is 29.2 Å². The first kappa shape index (κ1) is 17.3. The van der Waals surface area contributed by atoms with Crippen LogP contribution in [-0.2, 0) is 20.8 Å². The molecule has 0 N–H and O–H groups in total. The Hall–Kier alpha value is -1.57. The lowest BCUT2D eigenvalue weighted by Crippen LogP contribution is -2.57. The van der Waals surface area contributed by atoms with Crippen molar-refractivity contribution in [2.45, 2.75) is 42.0 Å². The zero-order valence-electron chi connectivity index (χ0n) is 12.9. The molecule has 0 bridgehead atoms. The van der Waals surface area contributed by atoms with E-state index in [2.05, 4.69) is 0 Å². The monoisotopic (exact) mass is 361 g/mol. The van der Waals surface area contributed by atoms with Gasteiger partial charge in [-0.25, -0.2) is 8.42 Å². The van der Waals surface area contributed by atoms with E-state index in [1.807, 2.05) is 0 Å². The van der Waals surface area contributed by atoms with Crippen LogP contribution < -0.4 is 0 Å². The Morgan fingerprint density at radius 3 is 2.08 bits per heavy atom. The van der Waals surface area contributed by atoms with Crippen molar-refractivity contribution in [2.24, 2.45) is 5.41 Å². The summed E-state index contributed by atoms with van der Waals surface area (Å²) in [5.74, 6) is 0. The first-order chi connectivity index (χ1) is 11.2. The Morgan fingerprint density at radius 2 is 1.62 bits per heavy atom. The molecule has 1 saturated carbocycles. The summed E-state index contributed by atoms with van der Waals surface area (Å²) in [6.07, 6.45) is -1.26. The Kier molecular flexibility index (Phi) is 4.14. The summed E-state index contributed by atoms with van der Waals surface area (Å²) in [5.41, 5.74) is -0.819. The fourth-order valence-electron chi connectivity index (χ4n) is 3.75. The third-order valence-corrected chi connectivity index (χ3v) is 7.45. The highest BCUT2D eigenvalue weighted by atomic mass is 32.2. The van der Waals surface area contributed by atoms with Gasteiger partial charge in [-0.1, -0.05) is 0 Å². The average Bonchev–Trinajstić information content (AvgIpc) is 2.52. The molecule has 1 aliphatic carbocycles. The number of halogens is 3. The van der Waals surface area contributed by atoms with Crippen molar-refractivity contribution in [1.29, 1.82) is 0 Å². The quantitative estimate of drug-likeness (QED) is 0.778. The van der Waals surface area contributed by atoms with Crippen LogP contribution in [0.25, 0.3) is 0 Å². The molecule has 1 saturated heterocycles. The van der Waals surface area contributed by atoms with E-state index in [9.17, 15) is 26.4 Å². The molecule has 8 heteroatoms. The minimum Gasteiger partial charge on any atom is -0.344 e. The van der Waals surface area contributed by atoms with Gasteiger partial charge in [0.25, 0.3) is 0 Å². The zero-order valence-corrected chi connectivity index (χ0v) is 13.7. The highest BCUT2D eigenvalue weighted by Crippen LogP contribution is 2.45. The van der Waals surface area contributed by atoms with Crippen molar-refractivity contribution < 1.29 is 26.4 Å². The smallest absolute Gasteiger partial charge is 0.344 e. The summed E-state index contributed by atoms with van der Waals surface area (Å²) in [7, 11) is -3.63. The fourth-order valence-corrected chi connectivity index (χ4v) is 5.50. The van der Waals surface area contributed by atoms with Gasteiger partial charge in [0.15, 0.2) is 9.84 Å². The van der Waals surface area contributed by atoms with Crippen LogP contribution in [0.5, 0.6) is 0 Å². The van der Waals surface area contributed by atoms with Crippen molar-refractivity contribution in [1.82, 2.24) is 4.90 Å². The number of likely N-dealkylation sites (tertiary alicyclic amines) is 1. The number of amides is 1. The highest BCUT2D eigenvalue weighted by Gasteiger charge is 2.47. The number of carbonyl (C=O) groups is 1. The molecule has 0 aromatic heterocycles. The van der Waals surface area contributed by atoms with E-state index in [1.54, 1.807) is 4.90 Å². The van der Waals surface area contributed by atoms with Crippen molar-refractivity contribution in [3.63, 3.8) is 0 Å². The molecular weight excluding hydrogens is 343 g/mol. The molecule has 1 heterocycles. The van der Waals surface area contributed by atoms with Crippen molar-refractivity contribution in [2.75, 3.05) is 13.1 Å². The summed E-state index contributed by atoms with van der Waals surface area (Å²) in [6, 6.07) is 3.70. The Morgan fingerprint density at radius 1 is 1.08 bits per heavy atom. The fraction of sp³-hybridized carbons (Fsp3) is 0.562. The molecule has 24 heavy (non-hydrogen) atoms. The van der Waals surface area contributed by atoms with Gasteiger partial charge in [0.1, 0.15) is 0 Å². The molecule has 0 radical (unpaired) electrons. The molecule has 132 valence electrons. The van der Waals surface area contributed by atoms with E-state index in [1.165, 1.54) is 0 Å². The lowest BCUT2D eigenvalue weighted by molar-refractivity contribution is -0.137. The Bertz CT molecular complexity index is 712. The van der Waals surface area contributed by atoms with Crippen LogP contribution >= 0.6 is 0 Å². The van der Waals surface area contributed by atoms with Crippen molar-refractivity contribution in [3.8, 4) is 0 Å². The van der Waals surface area contributed by atoms with Crippen LogP contribution in [0.4, 0.5) is 13.2 Å². The van der Waals surface area contributed by atoms with Crippen LogP contribution in [0.1, 0.15) is 31.2 Å². The predicted octanol–water partition coefficient (Wildman–Crippen LogP) is 2.88. The number of sulfone groups is 1. The molecule has 1 aliphatic heterocycles. The number of rotatable bonds is 3. The molecule has 1 aromatic carbocycles. The van der Waals surface area contributed by atoms with E-state index < -0.39 is 26.8 Å². The first-order valence-corrected chi connectivity index (χ1v) is 9.31. The van der Waals surface area contributed by atoms with Gasteiger partial charge in [0.05, 0.1) is 15.7 Å². The first-order valence-electron chi connectivity index (χ1n) is 7.77. The molecule has 4 nitrogen and oxygen atoms in total. The van der Waals surface area contributed by atoms with Gasteiger partial charge in [-0.3, -0.25) is 4.79 Å². The highest BCUT2D eigenvalue weighted by molar-refractivity contribution is 7.92. The van der Waals surface area contributed by atoms with Gasteiger partial charge in [0, 0.05) is 18.5 Å². The second-order valence-corrected chi connectivity index (χ2v) is 9.00. The molecular formula is C16H18F3NO3S. The largest absolute Gasteiger partial charge is 0.416 e. The summed E-state index contributed by atoms with van der Waals surface area (Å²) in [6.45, 7) is 1.34. The summed E-state index contributed by atoms with van der Waals surface area (Å²) < 4.78 is 63.0. The third-order valence-electron chi connectivity index (χ3n) is 5.17. The van der Waals surface area contributed by atoms with Crippen LogP contribution in [0.3, 0.4) is 0 Å². The van der Waals surface area contributed by atoms with Gasteiger partial charge in [-0.2, -0.15) is 13.2 Å². The van der Waals surface area contributed by atoms with Gasteiger partial charge >= 0.3 is 6.18 Å². The zero-order chi connectivity index (χ0) is 17.6. The van der Waals surface area contributed by atoms with Gasteiger partial charge in [-0.05, 0) is 49.9 Å². The number of hydrogen-bond acceptors (Lipinski definition) is 3. The number of nitrogens with zero attached hydrogens (tertiary/aromatic N) is 1. The molecule has 3 rings (SSSR count). The Balaban J connectivity index is 1.69. The van der Waals surface area contributed by atoms with Crippen LogP contribution in [0, 0.1) is 5.41 Å². The van der Waals surface area contributed by atoms with E-state index in [0.717, 1.165) is 43.5 Å². The van der Waals surface area contributed by atoms with Gasteiger partial charge in [-0.15, -0.1) is 0 Å². The standard InChI is InChI=1S/C16H18F3NO3S/c17-16(18,19)12-1-3-13(4-2-12)24(22,23)14-5-7-15(8-6-14)9-20(10-15)11-21/h1-4,11,14H,5-10H2. The molecule has 1 amide bonds. The summed E-state index contributed by atoms with van der Waals surface area (Å²) >= 11 is 0. The maximum Gasteiger partial charge on any atom is 0.416 e. The van der Waals surface area contributed by atoms with E-state index in [-0.39, 0.29) is 10.3 Å². The Labute approximate surface area is 138 Å². The minimum atomic E-state index is -4.48. The lowest BCUT2D eigenvalue weighted by atomic mass is 9.69. The molecule has 1 aromatic rings. The third kappa shape index (κ3) is 3.03. The second kappa shape index (κ2) is 5.75. The summed E-state index contributed by atoms with van der Waals surface area (Å²) in [4.78, 5) is 12.3. The van der Waals surface area contributed by atoms with E-state index in [4.69, 9.17) is 0 Å². The van der Waals surface area contributed by atoms with E-state index >= 15 is 0 Å². The number of hydrogen-bond donors (Lipinski definition) is 0. The summed E-state index contributed by atoms with van der Waals surface area (Å²) in [5, 5.41) is -0.565. The second-order valence-electron chi connectivity index (χ2n) is 6.78.